The second-order valence-corrected chi connectivity index (χ2v) is 8.21. The number of hydrogen-bond donors (Lipinski definition) is 3. The normalized spacial score (nSPS) is 15.1. The second-order valence-electron chi connectivity index (χ2n) is 7.77. The highest BCUT2D eigenvalue weighted by atomic mass is 35.5. The van der Waals surface area contributed by atoms with Crippen molar-refractivity contribution in [2.45, 2.75) is 13.1 Å². The van der Waals surface area contributed by atoms with Gasteiger partial charge in [-0.1, -0.05) is 11.6 Å². The van der Waals surface area contributed by atoms with E-state index in [0.29, 0.717) is 29.9 Å². The average Bonchev–Trinajstić information content (AvgIpc) is 3.35. The van der Waals surface area contributed by atoms with Gasteiger partial charge in [0.15, 0.2) is 0 Å². The SMILES string of the molecule is O=C(NCc1nc2ccc(F)cc2[nH]1)N1CCN(Cc2c[nH]c3ccc(Cl)cc23)CC1. The fourth-order valence-corrected chi connectivity index (χ4v) is 4.19. The van der Waals surface area contributed by atoms with Crippen LogP contribution in [0.15, 0.2) is 42.6 Å². The van der Waals surface area contributed by atoms with Crippen molar-refractivity contribution in [1.29, 1.82) is 0 Å². The zero-order valence-corrected chi connectivity index (χ0v) is 17.5. The Labute approximate surface area is 183 Å². The van der Waals surface area contributed by atoms with Crippen LogP contribution in [0.1, 0.15) is 11.4 Å². The molecule has 9 heteroatoms. The van der Waals surface area contributed by atoms with E-state index in [1.165, 1.54) is 17.7 Å². The first-order valence-corrected chi connectivity index (χ1v) is 10.6. The number of fused-ring (bicyclic) bond motifs is 2. The van der Waals surface area contributed by atoms with Crippen molar-refractivity contribution in [3.8, 4) is 0 Å². The van der Waals surface area contributed by atoms with Gasteiger partial charge in [-0.2, -0.15) is 0 Å². The molecule has 1 aliphatic rings. The second kappa shape index (κ2) is 8.20. The minimum absolute atomic E-state index is 0.120. The predicted octanol–water partition coefficient (Wildman–Crippen LogP) is 3.86. The van der Waals surface area contributed by atoms with E-state index in [1.54, 1.807) is 6.07 Å². The van der Waals surface area contributed by atoms with Crippen molar-refractivity contribution in [3.63, 3.8) is 0 Å². The van der Waals surface area contributed by atoms with Gasteiger partial charge >= 0.3 is 6.03 Å². The Morgan fingerprint density at radius 2 is 1.97 bits per heavy atom. The molecule has 0 aliphatic carbocycles. The van der Waals surface area contributed by atoms with Gasteiger partial charge in [0.05, 0.1) is 17.6 Å². The number of hydrogen-bond acceptors (Lipinski definition) is 3. The summed E-state index contributed by atoms with van der Waals surface area (Å²) in [7, 11) is 0. The lowest BCUT2D eigenvalue weighted by molar-refractivity contribution is 0.135. The van der Waals surface area contributed by atoms with Crippen LogP contribution in [0.25, 0.3) is 21.9 Å². The number of urea groups is 1. The Morgan fingerprint density at radius 1 is 1.13 bits per heavy atom. The topological polar surface area (TPSA) is 80.1 Å². The first-order valence-electron chi connectivity index (χ1n) is 10.2. The van der Waals surface area contributed by atoms with E-state index in [1.807, 2.05) is 29.3 Å². The molecule has 3 heterocycles. The molecule has 0 spiro atoms. The van der Waals surface area contributed by atoms with Gasteiger partial charge in [-0.15, -0.1) is 0 Å². The lowest BCUT2D eigenvalue weighted by Gasteiger charge is -2.34. The number of imidazole rings is 1. The van der Waals surface area contributed by atoms with Crippen LogP contribution < -0.4 is 5.32 Å². The maximum absolute atomic E-state index is 13.3. The van der Waals surface area contributed by atoms with Crippen molar-refractivity contribution in [2.24, 2.45) is 0 Å². The van der Waals surface area contributed by atoms with E-state index >= 15 is 0 Å². The van der Waals surface area contributed by atoms with Crippen LogP contribution in [-0.2, 0) is 13.1 Å². The van der Waals surface area contributed by atoms with Crippen molar-refractivity contribution in [2.75, 3.05) is 26.2 Å². The Balaban J connectivity index is 1.14. The zero-order chi connectivity index (χ0) is 21.4. The molecular weight excluding hydrogens is 419 g/mol. The summed E-state index contributed by atoms with van der Waals surface area (Å²) in [5.41, 5.74) is 3.58. The molecule has 2 amide bonds. The van der Waals surface area contributed by atoms with Gasteiger partial charge in [0, 0.05) is 54.8 Å². The number of halogens is 2. The summed E-state index contributed by atoms with van der Waals surface area (Å²) in [6, 6.07) is 10.1. The molecule has 2 aromatic heterocycles. The average molecular weight is 441 g/mol. The fourth-order valence-electron chi connectivity index (χ4n) is 4.02. The molecule has 2 aromatic carbocycles. The Kier molecular flexibility index (Phi) is 5.25. The number of H-pyrrole nitrogens is 2. The Bertz CT molecular complexity index is 1240. The zero-order valence-electron chi connectivity index (χ0n) is 16.8. The lowest BCUT2D eigenvalue weighted by atomic mass is 10.1. The number of benzene rings is 2. The maximum Gasteiger partial charge on any atom is 0.317 e. The Hall–Kier alpha value is -3.10. The maximum atomic E-state index is 13.3. The number of rotatable bonds is 4. The highest BCUT2D eigenvalue weighted by Crippen LogP contribution is 2.24. The van der Waals surface area contributed by atoms with Crippen LogP contribution in [0.5, 0.6) is 0 Å². The molecule has 3 N–H and O–H groups in total. The van der Waals surface area contributed by atoms with Gasteiger partial charge in [-0.3, -0.25) is 4.90 Å². The van der Waals surface area contributed by atoms with E-state index in [-0.39, 0.29) is 18.4 Å². The number of aromatic amines is 2. The van der Waals surface area contributed by atoms with Crippen molar-refractivity contribution < 1.29 is 9.18 Å². The van der Waals surface area contributed by atoms with Gasteiger partial charge in [0.2, 0.25) is 0 Å². The molecule has 1 saturated heterocycles. The molecule has 31 heavy (non-hydrogen) atoms. The van der Waals surface area contributed by atoms with Crippen molar-refractivity contribution >= 4 is 39.6 Å². The smallest absolute Gasteiger partial charge is 0.317 e. The number of aromatic nitrogens is 3. The number of carbonyl (C=O) groups is 1. The van der Waals surface area contributed by atoms with Gasteiger partial charge in [-0.05, 0) is 42.0 Å². The quantitative estimate of drug-likeness (QED) is 0.450. The first-order chi connectivity index (χ1) is 15.0. The highest BCUT2D eigenvalue weighted by Gasteiger charge is 2.22. The third-order valence-electron chi connectivity index (χ3n) is 5.68. The third-order valence-corrected chi connectivity index (χ3v) is 5.92. The molecule has 0 atom stereocenters. The number of amides is 2. The minimum atomic E-state index is -0.319. The molecule has 0 radical (unpaired) electrons. The molecule has 1 fully saturated rings. The first kappa shape index (κ1) is 19.8. The molecule has 5 rings (SSSR count). The lowest BCUT2D eigenvalue weighted by Crippen LogP contribution is -2.51. The fraction of sp³-hybridized carbons (Fsp3) is 0.273. The molecule has 4 aromatic rings. The summed E-state index contributed by atoms with van der Waals surface area (Å²) >= 11 is 6.15. The molecule has 1 aliphatic heterocycles. The van der Waals surface area contributed by atoms with Crippen molar-refractivity contribution in [3.05, 3.63) is 64.8 Å². The molecule has 0 unspecified atom stereocenters. The van der Waals surface area contributed by atoms with Crippen LogP contribution in [0.3, 0.4) is 0 Å². The van der Waals surface area contributed by atoms with E-state index < -0.39 is 0 Å². The van der Waals surface area contributed by atoms with Crippen molar-refractivity contribution in [1.82, 2.24) is 30.1 Å². The summed E-state index contributed by atoms with van der Waals surface area (Å²) in [5, 5.41) is 4.76. The van der Waals surface area contributed by atoms with Crippen LogP contribution in [0, 0.1) is 5.82 Å². The van der Waals surface area contributed by atoms with Crippen LogP contribution in [0.4, 0.5) is 9.18 Å². The predicted molar refractivity (Wildman–Crippen MR) is 118 cm³/mol. The van der Waals surface area contributed by atoms with E-state index in [0.717, 1.165) is 35.6 Å². The summed E-state index contributed by atoms with van der Waals surface area (Å²) in [6.45, 7) is 3.98. The largest absolute Gasteiger partial charge is 0.361 e. The summed E-state index contributed by atoms with van der Waals surface area (Å²) in [5.74, 6) is 0.283. The van der Waals surface area contributed by atoms with Gasteiger partial charge < -0.3 is 20.2 Å². The van der Waals surface area contributed by atoms with Gasteiger partial charge in [0.1, 0.15) is 11.6 Å². The minimum Gasteiger partial charge on any atom is -0.361 e. The van der Waals surface area contributed by atoms with E-state index in [2.05, 4.69) is 25.2 Å². The highest BCUT2D eigenvalue weighted by molar-refractivity contribution is 6.31. The van der Waals surface area contributed by atoms with Crippen LogP contribution in [-0.4, -0.2) is 57.0 Å². The molecule has 0 bridgehead atoms. The van der Waals surface area contributed by atoms with Crippen LogP contribution >= 0.6 is 11.6 Å². The molecular formula is C22H22ClFN6O. The summed E-state index contributed by atoms with van der Waals surface area (Å²) < 4.78 is 13.3. The monoisotopic (exact) mass is 440 g/mol. The van der Waals surface area contributed by atoms with Crippen LogP contribution in [0.2, 0.25) is 5.02 Å². The third kappa shape index (κ3) is 4.22. The number of piperazine rings is 1. The summed E-state index contributed by atoms with van der Waals surface area (Å²) in [6.07, 6.45) is 2.03. The van der Waals surface area contributed by atoms with E-state index in [4.69, 9.17) is 11.6 Å². The number of nitrogens with one attached hydrogen (secondary N) is 3. The molecule has 160 valence electrons. The van der Waals surface area contributed by atoms with Gasteiger partial charge in [-0.25, -0.2) is 14.2 Å². The number of nitrogens with zero attached hydrogens (tertiary/aromatic N) is 3. The number of carbonyl (C=O) groups excluding carboxylic acids is 1. The van der Waals surface area contributed by atoms with Gasteiger partial charge in [0.25, 0.3) is 0 Å². The Morgan fingerprint density at radius 3 is 2.81 bits per heavy atom. The summed E-state index contributed by atoms with van der Waals surface area (Å²) in [4.78, 5) is 27.4. The molecule has 7 nitrogen and oxygen atoms in total. The van der Waals surface area contributed by atoms with E-state index in [9.17, 15) is 9.18 Å². The molecule has 0 saturated carbocycles. The standard InChI is InChI=1S/C22H22ClFN6O/c23-15-1-3-18-17(9-15)14(11-25-18)13-29-5-7-30(8-6-29)22(31)26-12-21-27-19-4-2-16(24)10-20(19)28-21/h1-4,9-11,25H,5-8,12-13H2,(H,26,31)(H,27,28).